The number of hydrogen-bond acceptors (Lipinski definition) is 8. The number of pyridine rings is 2. The number of likely N-dealkylation sites (tertiary alicyclic amines) is 1. The first-order valence-corrected chi connectivity index (χ1v) is 11.4. The standard InChI is InChI=1S/C23H22ClFN8O2/c1-13-22(29-30-33(13)19-5-6-31(12-26)11-20(19)34)15-7-21(23-17(24)9-28-32(23)10-15)35-14(2)18-4-3-16(25)8-27-18/h3-4,7-10,14,19-20,34H,5-6,11H2,1-2H3/t14-,19+,20+/m1/s1. The number of nitriles is 1. The Kier molecular flexibility index (Phi) is 6.00. The van der Waals surface area contributed by atoms with Gasteiger partial charge in [0.15, 0.2) is 6.19 Å². The molecule has 3 atom stereocenters. The van der Waals surface area contributed by atoms with Crippen LogP contribution in [0.1, 0.15) is 36.9 Å². The molecule has 1 aliphatic rings. The Balaban J connectivity index is 1.50. The highest BCUT2D eigenvalue weighted by Crippen LogP contribution is 2.35. The summed E-state index contributed by atoms with van der Waals surface area (Å²) in [4.78, 5) is 5.64. The number of hydrogen-bond donors (Lipinski definition) is 1. The van der Waals surface area contributed by atoms with E-state index in [2.05, 4.69) is 26.6 Å². The molecule has 12 heteroatoms. The molecule has 0 radical (unpaired) electrons. The smallest absolute Gasteiger partial charge is 0.179 e. The lowest BCUT2D eigenvalue weighted by Gasteiger charge is -2.33. The lowest BCUT2D eigenvalue weighted by atomic mass is 10.0. The Hall–Kier alpha value is -3.75. The van der Waals surface area contributed by atoms with Gasteiger partial charge in [0.2, 0.25) is 0 Å². The summed E-state index contributed by atoms with van der Waals surface area (Å²) in [6.45, 7) is 4.48. The van der Waals surface area contributed by atoms with Gasteiger partial charge in [-0.25, -0.2) is 13.6 Å². The van der Waals surface area contributed by atoms with Crippen molar-refractivity contribution in [2.75, 3.05) is 13.1 Å². The Bertz CT molecular complexity index is 1410. The fourth-order valence-corrected chi connectivity index (χ4v) is 4.59. The summed E-state index contributed by atoms with van der Waals surface area (Å²) in [7, 11) is 0. The third-order valence-corrected chi connectivity index (χ3v) is 6.48. The third-order valence-electron chi connectivity index (χ3n) is 6.21. The Morgan fingerprint density at radius 3 is 2.89 bits per heavy atom. The molecule has 1 fully saturated rings. The molecule has 1 aliphatic heterocycles. The van der Waals surface area contributed by atoms with Crippen molar-refractivity contribution in [1.82, 2.24) is 34.5 Å². The quantitative estimate of drug-likeness (QED) is 0.418. The molecule has 4 aromatic rings. The molecule has 0 bridgehead atoms. The maximum Gasteiger partial charge on any atom is 0.179 e. The molecule has 0 unspecified atom stereocenters. The van der Waals surface area contributed by atoms with E-state index < -0.39 is 18.0 Å². The maximum atomic E-state index is 13.3. The first kappa shape index (κ1) is 23.0. The van der Waals surface area contributed by atoms with Crippen LogP contribution in [-0.2, 0) is 0 Å². The van der Waals surface area contributed by atoms with Crippen molar-refractivity contribution in [3.05, 3.63) is 59.0 Å². The van der Waals surface area contributed by atoms with E-state index in [0.29, 0.717) is 46.2 Å². The Labute approximate surface area is 205 Å². The van der Waals surface area contributed by atoms with Gasteiger partial charge in [0.1, 0.15) is 28.9 Å². The minimum Gasteiger partial charge on any atom is -0.482 e. The summed E-state index contributed by atoms with van der Waals surface area (Å²) in [6.07, 6.45) is 5.87. The van der Waals surface area contributed by atoms with Gasteiger partial charge in [0, 0.05) is 18.3 Å². The molecule has 1 saturated heterocycles. The monoisotopic (exact) mass is 496 g/mol. The highest BCUT2D eigenvalue weighted by atomic mass is 35.5. The zero-order valence-electron chi connectivity index (χ0n) is 19.0. The van der Waals surface area contributed by atoms with Crippen LogP contribution < -0.4 is 4.74 Å². The number of aromatic nitrogens is 6. The molecule has 0 aliphatic carbocycles. The number of fused-ring (bicyclic) bond motifs is 1. The van der Waals surface area contributed by atoms with E-state index in [1.165, 1.54) is 17.2 Å². The van der Waals surface area contributed by atoms with Crippen LogP contribution in [0.25, 0.3) is 16.8 Å². The highest BCUT2D eigenvalue weighted by Gasteiger charge is 2.31. The molecule has 0 aromatic carbocycles. The molecule has 4 aromatic heterocycles. The number of aliphatic hydroxyl groups is 1. The third kappa shape index (κ3) is 4.26. The topological polar surface area (TPSA) is 117 Å². The lowest BCUT2D eigenvalue weighted by Crippen LogP contribution is -2.43. The van der Waals surface area contributed by atoms with Gasteiger partial charge in [-0.05, 0) is 38.5 Å². The maximum absolute atomic E-state index is 13.3. The zero-order valence-corrected chi connectivity index (χ0v) is 19.8. The molecule has 1 N–H and O–H groups in total. The Morgan fingerprint density at radius 1 is 1.34 bits per heavy atom. The molecule has 180 valence electrons. The average Bonchev–Trinajstić information content (AvgIpc) is 3.41. The van der Waals surface area contributed by atoms with E-state index in [1.54, 1.807) is 27.5 Å². The van der Waals surface area contributed by atoms with E-state index in [-0.39, 0.29) is 12.6 Å². The number of aliphatic hydroxyl groups excluding tert-OH is 1. The molecule has 5 heterocycles. The number of β-amino-alcohol motifs (C(OH)–C–C–N with tert-alkyl or cyclic N) is 1. The number of nitrogens with zero attached hydrogens (tertiary/aromatic N) is 8. The first-order chi connectivity index (χ1) is 16.9. The largest absolute Gasteiger partial charge is 0.482 e. The van der Waals surface area contributed by atoms with Crippen molar-refractivity contribution in [2.45, 2.75) is 38.5 Å². The Morgan fingerprint density at radius 2 is 2.17 bits per heavy atom. The molecule has 35 heavy (non-hydrogen) atoms. The molecular formula is C23H22ClFN8O2. The van der Waals surface area contributed by atoms with Crippen LogP contribution >= 0.6 is 11.6 Å². The number of ether oxygens (including phenoxy) is 1. The predicted molar refractivity (Wildman–Crippen MR) is 124 cm³/mol. The van der Waals surface area contributed by atoms with Gasteiger partial charge in [-0.3, -0.25) is 4.98 Å². The van der Waals surface area contributed by atoms with Gasteiger partial charge in [0.05, 0.1) is 47.5 Å². The second kappa shape index (κ2) is 9.13. The highest BCUT2D eigenvalue weighted by molar-refractivity contribution is 6.34. The molecule has 0 amide bonds. The normalized spacial score (nSPS) is 19.0. The molecule has 0 spiro atoms. The van der Waals surface area contributed by atoms with Crippen molar-refractivity contribution in [1.29, 1.82) is 5.26 Å². The van der Waals surface area contributed by atoms with Gasteiger partial charge < -0.3 is 14.7 Å². The summed E-state index contributed by atoms with van der Waals surface area (Å²) < 4.78 is 22.8. The van der Waals surface area contributed by atoms with Crippen molar-refractivity contribution >= 4 is 17.1 Å². The van der Waals surface area contributed by atoms with Gasteiger partial charge in [-0.15, -0.1) is 5.10 Å². The fourth-order valence-electron chi connectivity index (χ4n) is 4.36. The summed E-state index contributed by atoms with van der Waals surface area (Å²) in [5.41, 5.74) is 3.19. The van der Waals surface area contributed by atoms with Crippen LogP contribution in [0, 0.1) is 24.2 Å². The van der Waals surface area contributed by atoms with Gasteiger partial charge in [-0.2, -0.15) is 10.4 Å². The summed E-state index contributed by atoms with van der Waals surface area (Å²) in [5, 5.41) is 33.1. The lowest BCUT2D eigenvalue weighted by molar-refractivity contribution is 0.0419. The molecule has 5 rings (SSSR count). The van der Waals surface area contributed by atoms with Crippen LogP contribution in [-0.4, -0.2) is 58.8 Å². The van der Waals surface area contributed by atoms with E-state index in [1.807, 2.05) is 13.8 Å². The van der Waals surface area contributed by atoms with Crippen LogP contribution in [0.3, 0.4) is 0 Å². The molecule has 10 nitrogen and oxygen atoms in total. The van der Waals surface area contributed by atoms with Gasteiger partial charge in [-0.1, -0.05) is 16.8 Å². The average molecular weight is 497 g/mol. The van der Waals surface area contributed by atoms with E-state index >= 15 is 0 Å². The minimum atomic E-state index is -0.744. The van der Waals surface area contributed by atoms with Gasteiger partial charge in [0.25, 0.3) is 0 Å². The minimum absolute atomic E-state index is 0.251. The summed E-state index contributed by atoms with van der Waals surface area (Å²) in [6, 6.07) is 4.41. The molecule has 0 saturated carbocycles. The van der Waals surface area contributed by atoms with Crippen molar-refractivity contribution in [2.24, 2.45) is 0 Å². The SMILES string of the molecule is Cc1c(-c2cc(O[C@H](C)c3ccc(F)cn3)c3c(Cl)cnn3c2)nnn1[C@H]1CCN(C#N)C[C@@H]1O. The predicted octanol–water partition coefficient (Wildman–Crippen LogP) is 3.32. The first-order valence-electron chi connectivity index (χ1n) is 11.1. The fraction of sp³-hybridized carbons (Fsp3) is 0.348. The van der Waals surface area contributed by atoms with Crippen molar-refractivity contribution in [3.63, 3.8) is 0 Å². The van der Waals surface area contributed by atoms with Crippen LogP contribution in [0.4, 0.5) is 4.39 Å². The number of piperidine rings is 1. The van der Waals surface area contributed by atoms with Crippen LogP contribution in [0.2, 0.25) is 5.02 Å². The van der Waals surface area contributed by atoms with Crippen molar-refractivity contribution in [3.8, 4) is 23.2 Å². The zero-order chi connectivity index (χ0) is 24.7. The second-order valence-electron chi connectivity index (χ2n) is 8.48. The second-order valence-corrected chi connectivity index (χ2v) is 8.88. The van der Waals surface area contributed by atoms with E-state index in [9.17, 15) is 9.50 Å². The van der Waals surface area contributed by atoms with Gasteiger partial charge >= 0.3 is 0 Å². The van der Waals surface area contributed by atoms with E-state index in [0.717, 1.165) is 11.9 Å². The summed E-state index contributed by atoms with van der Waals surface area (Å²) >= 11 is 6.39. The molecular weight excluding hydrogens is 475 g/mol. The van der Waals surface area contributed by atoms with Crippen molar-refractivity contribution < 1.29 is 14.2 Å². The summed E-state index contributed by atoms with van der Waals surface area (Å²) in [5.74, 6) is 0.0334. The number of rotatable bonds is 5. The number of halogens is 2. The van der Waals surface area contributed by atoms with E-state index in [4.69, 9.17) is 21.6 Å². The van der Waals surface area contributed by atoms with Crippen LogP contribution in [0.15, 0.2) is 36.8 Å². The van der Waals surface area contributed by atoms with Crippen LogP contribution in [0.5, 0.6) is 5.75 Å².